The first-order chi connectivity index (χ1) is 9.38. The second kappa shape index (κ2) is 5.59. The molecule has 2 aromatic rings. The van der Waals surface area contributed by atoms with Gasteiger partial charge in [0.15, 0.2) is 0 Å². The van der Waals surface area contributed by atoms with Crippen LogP contribution in [0.15, 0.2) is 33.7 Å². The highest BCUT2D eigenvalue weighted by Crippen LogP contribution is 2.18. The summed E-state index contributed by atoms with van der Waals surface area (Å²) in [6.07, 6.45) is 1.43. The molecule has 0 amide bonds. The summed E-state index contributed by atoms with van der Waals surface area (Å²) in [6.45, 7) is -0.0109. The lowest BCUT2D eigenvalue weighted by Gasteiger charge is -2.08. The van der Waals surface area contributed by atoms with Crippen molar-refractivity contribution in [3.8, 4) is 0 Å². The molecule has 0 unspecified atom stereocenters. The first-order valence-electron chi connectivity index (χ1n) is 5.34. The molecule has 20 heavy (non-hydrogen) atoms. The molecular formula is C11H8BrClN4O3. The Kier molecular flexibility index (Phi) is 4.05. The van der Waals surface area contributed by atoms with E-state index < -0.39 is 16.2 Å². The van der Waals surface area contributed by atoms with Gasteiger partial charge >= 0.3 is 11.2 Å². The molecular weight excluding hydrogens is 352 g/mol. The van der Waals surface area contributed by atoms with Gasteiger partial charge in [0.25, 0.3) is 0 Å². The second-order valence-corrected chi connectivity index (χ2v) is 5.22. The van der Waals surface area contributed by atoms with Gasteiger partial charge in [-0.2, -0.15) is 0 Å². The topological polar surface area (TPSA) is 104 Å². The van der Waals surface area contributed by atoms with E-state index in [0.29, 0.717) is 15.2 Å². The van der Waals surface area contributed by atoms with Gasteiger partial charge in [-0.05, 0) is 28.1 Å². The van der Waals surface area contributed by atoms with Crippen LogP contribution in [-0.2, 0) is 6.54 Å². The van der Waals surface area contributed by atoms with E-state index in [2.05, 4.69) is 20.9 Å². The Hall–Kier alpha value is -1.93. The van der Waals surface area contributed by atoms with Crippen molar-refractivity contribution in [1.29, 1.82) is 0 Å². The van der Waals surface area contributed by atoms with Crippen molar-refractivity contribution in [3.63, 3.8) is 0 Å². The number of rotatable bonds is 3. The smallest absolute Gasteiger partial charge is 0.335 e. The number of halogens is 2. The standard InChI is InChI=1S/C11H8BrClN4O3/c12-6-3-9(17(19)20)11(18)16(4-6)5-8-7(13)1-2-10(14)15-8/h1-4H,5H2,(H2,14,15). The second-order valence-electron chi connectivity index (χ2n) is 3.90. The number of nitrogens with zero attached hydrogens (tertiary/aromatic N) is 3. The molecule has 0 spiro atoms. The fourth-order valence-corrected chi connectivity index (χ4v) is 2.23. The fraction of sp³-hybridized carbons (Fsp3) is 0.0909. The van der Waals surface area contributed by atoms with E-state index in [1.165, 1.54) is 12.3 Å². The molecule has 0 bridgehead atoms. The number of aromatic nitrogens is 2. The van der Waals surface area contributed by atoms with Gasteiger partial charge < -0.3 is 10.3 Å². The van der Waals surface area contributed by atoms with E-state index in [0.717, 1.165) is 10.6 Å². The number of pyridine rings is 2. The molecule has 2 heterocycles. The third-order valence-corrected chi connectivity index (χ3v) is 3.27. The number of anilines is 1. The van der Waals surface area contributed by atoms with Crippen molar-refractivity contribution in [2.75, 3.05) is 5.73 Å². The van der Waals surface area contributed by atoms with Gasteiger partial charge in [-0.3, -0.25) is 14.9 Å². The predicted molar refractivity (Wildman–Crippen MR) is 77.8 cm³/mol. The minimum Gasteiger partial charge on any atom is -0.384 e. The Balaban J connectivity index is 2.51. The third kappa shape index (κ3) is 2.97. The molecule has 0 aliphatic carbocycles. The monoisotopic (exact) mass is 358 g/mol. The van der Waals surface area contributed by atoms with Crippen molar-refractivity contribution in [2.24, 2.45) is 0 Å². The highest BCUT2D eigenvalue weighted by molar-refractivity contribution is 9.10. The van der Waals surface area contributed by atoms with Crippen LogP contribution in [0.25, 0.3) is 0 Å². The van der Waals surface area contributed by atoms with E-state index >= 15 is 0 Å². The lowest BCUT2D eigenvalue weighted by Crippen LogP contribution is -2.23. The minimum atomic E-state index is -0.738. The van der Waals surface area contributed by atoms with E-state index in [1.807, 2.05) is 0 Å². The maximum atomic E-state index is 12.0. The van der Waals surface area contributed by atoms with E-state index in [1.54, 1.807) is 6.07 Å². The lowest BCUT2D eigenvalue weighted by molar-refractivity contribution is -0.386. The molecule has 104 valence electrons. The molecule has 2 N–H and O–H groups in total. The minimum absolute atomic E-state index is 0.0109. The van der Waals surface area contributed by atoms with Gasteiger partial charge in [0, 0.05) is 16.7 Å². The Morgan fingerprint density at radius 1 is 1.50 bits per heavy atom. The summed E-state index contributed by atoms with van der Waals surface area (Å²) in [6, 6.07) is 4.22. The van der Waals surface area contributed by atoms with E-state index in [9.17, 15) is 14.9 Å². The highest BCUT2D eigenvalue weighted by Gasteiger charge is 2.17. The molecule has 0 atom stereocenters. The maximum absolute atomic E-state index is 12.0. The predicted octanol–water partition coefficient (Wildman–Crippen LogP) is 2.20. The quantitative estimate of drug-likeness (QED) is 0.668. The largest absolute Gasteiger partial charge is 0.384 e. The maximum Gasteiger partial charge on any atom is 0.335 e. The number of hydrogen-bond donors (Lipinski definition) is 1. The third-order valence-electron chi connectivity index (χ3n) is 2.49. The van der Waals surface area contributed by atoms with Gasteiger partial charge in [0.2, 0.25) is 0 Å². The van der Waals surface area contributed by atoms with Crippen LogP contribution in [0.4, 0.5) is 11.5 Å². The Morgan fingerprint density at radius 3 is 2.85 bits per heavy atom. The summed E-state index contributed by atoms with van der Waals surface area (Å²) in [5, 5.41) is 11.1. The van der Waals surface area contributed by atoms with Crippen LogP contribution in [0.3, 0.4) is 0 Å². The van der Waals surface area contributed by atoms with Crippen LogP contribution < -0.4 is 11.3 Å². The highest BCUT2D eigenvalue weighted by atomic mass is 79.9. The van der Waals surface area contributed by atoms with Gasteiger partial charge in [-0.25, -0.2) is 4.98 Å². The summed E-state index contributed by atoms with van der Waals surface area (Å²) in [7, 11) is 0. The first-order valence-corrected chi connectivity index (χ1v) is 6.51. The average molecular weight is 360 g/mol. The average Bonchev–Trinajstić information content (AvgIpc) is 2.37. The Morgan fingerprint density at radius 2 is 2.20 bits per heavy atom. The molecule has 0 saturated heterocycles. The summed E-state index contributed by atoms with van der Waals surface area (Å²) >= 11 is 9.08. The Labute approximate surface area is 126 Å². The molecule has 0 saturated carbocycles. The van der Waals surface area contributed by atoms with Crippen molar-refractivity contribution < 1.29 is 4.92 Å². The SMILES string of the molecule is Nc1ccc(Cl)c(Cn2cc(Br)cc([N+](=O)[O-])c2=O)n1. The van der Waals surface area contributed by atoms with Gasteiger partial charge in [-0.1, -0.05) is 11.6 Å². The van der Waals surface area contributed by atoms with Crippen molar-refractivity contribution in [3.05, 3.63) is 60.1 Å². The van der Waals surface area contributed by atoms with Crippen molar-refractivity contribution in [2.45, 2.75) is 6.54 Å². The van der Waals surface area contributed by atoms with Crippen molar-refractivity contribution in [1.82, 2.24) is 9.55 Å². The van der Waals surface area contributed by atoms with E-state index in [4.69, 9.17) is 17.3 Å². The van der Waals surface area contributed by atoms with E-state index in [-0.39, 0.29) is 12.4 Å². The molecule has 2 rings (SSSR count). The van der Waals surface area contributed by atoms with Gasteiger partial charge in [0.05, 0.1) is 22.2 Å². The van der Waals surface area contributed by atoms with Gasteiger partial charge in [-0.15, -0.1) is 0 Å². The molecule has 0 radical (unpaired) electrons. The van der Waals surface area contributed by atoms with Crippen LogP contribution in [0.2, 0.25) is 5.02 Å². The molecule has 2 aromatic heterocycles. The number of nitrogen functional groups attached to an aromatic ring is 1. The molecule has 9 heteroatoms. The normalized spacial score (nSPS) is 10.5. The van der Waals surface area contributed by atoms with Gasteiger partial charge in [0.1, 0.15) is 5.82 Å². The Bertz CT molecular complexity index is 747. The molecule has 7 nitrogen and oxygen atoms in total. The first kappa shape index (κ1) is 14.5. The van der Waals surface area contributed by atoms with Crippen LogP contribution in [0.5, 0.6) is 0 Å². The fourth-order valence-electron chi connectivity index (χ4n) is 1.61. The van der Waals surface area contributed by atoms with Crippen LogP contribution in [0.1, 0.15) is 5.69 Å². The summed E-state index contributed by atoms with van der Waals surface area (Å²) in [5.41, 5.74) is 4.65. The van der Waals surface area contributed by atoms with Crippen LogP contribution in [-0.4, -0.2) is 14.5 Å². The summed E-state index contributed by atoms with van der Waals surface area (Å²) in [5.74, 6) is 0.252. The summed E-state index contributed by atoms with van der Waals surface area (Å²) < 4.78 is 1.56. The molecule has 0 aliphatic heterocycles. The van der Waals surface area contributed by atoms with Crippen LogP contribution >= 0.6 is 27.5 Å². The molecule has 0 aliphatic rings. The number of nitro groups is 1. The summed E-state index contributed by atoms with van der Waals surface area (Å²) in [4.78, 5) is 26.0. The molecule has 0 fully saturated rings. The number of hydrogen-bond acceptors (Lipinski definition) is 5. The molecule has 0 aromatic carbocycles. The van der Waals surface area contributed by atoms with Crippen molar-refractivity contribution >= 4 is 39.0 Å². The zero-order chi connectivity index (χ0) is 14.9. The zero-order valence-electron chi connectivity index (χ0n) is 9.92. The number of nitrogens with two attached hydrogens (primary N) is 1. The van der Waals surface area contributed by atoms with Crippen LogP contribution in [0, 0.1) is 10.1 Å². The lowest BCUT2D eigenvalue weighted by atomic mass is 10.3. The zero-order valence-corrected chi connectivity index (χ0v) is 12.3.